The zero-order valence-corrected chi connectivity index (χ0v) is 23.9. The summed E-state index contributed by atoms with van der Waals surface area (Å²) in [6.45, 7) is 8.28. The number of halogens is 3. The first-order chi connectivity index (χ1) is 19.4. The van der Waals surface area contributed by atoms with E-state index in [4.69, 9.17) is 21.1 Å². The van der Waals surface area contributed by atoms with Crippen LogP contribution in [0.1, 0.15) is 46.1 Å². The Morgan fingerprint density at radius 2 is 2.00 bits per heavy atom. The Morgan fingerprint density at radius 3 is 2.66 bits per heavy atom. The van der Waals surface area contributed by atoms with Gasteiger partial charge in [-0.05, 0) is 45.9 Å². The molecule has 3 aliphatic rings. The number of nitrogens with zero attached hydrogens (tertiary/aromatic N) is 4. The molecule has 3 aliphatic heterocycles. The summed E-state index contributed by atoms with van der Waals surface area (Å²) in [5.41, 5.74) is 0.893. The minimum atomic E-state index is -0.836. The number of hydrogen-bond acceptors (Lipinski definition) is 6. The van der Waals surface area contributed by atoms with Crippen LogP contribution in [0.5, 0.6) is 5.75 Å². The largest absolute Gasteiger partial charge is 0.547 e. The van der Waals surface area contributed by atoms with Gasteiger partial charge in [-0.3, -0.25) is 0 Å². The fourth-order valence-corrected chi connectivity index (χ4v) is 5.59. The molecule has 3 amide bonds. The number of carbonyl (C=O) groups excluding carboxylic acids is 3. The normalized spacial score (nSPS) is 18.6. The monoisotopic (exact) mass is 587 g/mol. The lowest BCUT2D eigenvalue weighted by Crippen LogP contribution is -2.57. The molecule has 0 saturated carbocycles. The van der Waals surface area contributed by atoms with E-state index in [0.717, 1.165) is 18.4 Å². The van der Waals surface area contributed by atoms with E-state index in [9.17, 15) is 23.2 Å². The number of hydrogen-bond donors (Lipinski definition) is 0. The van der Waals surface area contributed by atoms with Gasteiger partial charge in [-0.2, -0.15) is 9.37 Å². The molecule has 2 aromatic carbocycles. The number of piperazine rings is 1. The summed E-state index contributed by atoms with van der Waals surface area (Å²) in [4.78, 5) is 45.4. The van der Waals surface area contributed by atoms with Crippen molar-refractivity contribution in [3.05, 3.63) is 46.5 Å². The highest BCUT2D eigenvalue weighted by Gasteiger charge is 2.45. The van der Waals surface area contributed by atoms with E-state index in [2.05, 4.69) is 4.99 Å². The second kappa shape index (κ2) is 10.8. The Balaban J connectivity index is 1.61. The second-order valence-electron chi connectivity index (χ2n) is 11.2. The minimum absolute atomic E-state index is 0.0151. The smallest absolute Gasteiger partial charge is 0.480 e. The number of amides is 3. The topological polar surface area (TPSA) is 91.5 Å². The first-order valence-electron chi connectivity index (χ1n) is 13.3. The number of aliphatic imine (C=N–C) groups is 1. The molecule has 0 aliphatic carbocycles. The quantitative estimate of drug-likeness (QED) is 0.343. The maximum absolute atomic E-state index is 15.0. The highest BCUT2D eigenvalue weighted by molar-refractivity contribution is 6.35. The molecule has 1 atom stereocenters. The molecular weight excluding hydrogens is 558 g/mol. The molecule has 41 heavy (non-hydrogen) atoms. The lowest BCUT2D eigenvalue weighted by Gasteiger charge is -2.41. The first-order valence-corrected chi connectivity index (χ1v) is 13.7. The third-order valence-electron chi connectivity index (χ3n) is 7.07. The molecule has 2 aromatic rings. The van der Waals surface area contributed by atoms with Gasteiger partial charge >= 0.3 is 12.1 Å². The molecule has 3 heterocycles. The first kappa shape index (κ1) is 28.7. The molecule has 12 heteroatoms. The molecule has 1 saturated heterocycles. The van der Waals surface area contributed by atoms with Crippen molar-refractivity contribution in [3.8, 4) is 16.9 Å². The van der Waals surface area contributed by atoms with Crippen LogP contribution < -0.4 is 4.74 Å². The molecule has 1 fully saturated rings. The van der Waals surface area contributed by atoms with Gasteiger partial charge in [0.15, 0.2) is 11.4 Å². The van der Waals surface area contributed by atoms with Gasteiger partial charge in [-0.15, -0.1) is 0 Å². The van der Waals surface area contributed by atoms with Crippen molar-refractivity contribution in [1.29, 1.82) is 0 Å². The van der Waals surface area contributed by atoms with E-state index in [1.165, 1.54) is 10.6 Å². The number of rotatable bonds is 4. The van der Waals surface area contributed by atoms with E-state index < -0.39 is 29.4 Å². The van der Waals surface area contributed by atoms with Crippen molar-refractivity contribution in [2.24, 2.45) is 4.99 Å². The Hall–Kier alpha value is -3.86. The summed E-state index contributed by atoms with van der Waals surface area (Å²) in [6, 6.07) is 3.90. The average molecular weight is 588 g/mol. The highest BCUT2D eigenvalue weighted by atomic mass is 35.5. The van der Waals surface area contributed by atoms with Crippen LogP contribution in [-0.2, 0) is 9.53 Å². The summed E-state index contributed by atoms with van der Waals surface area (Å²) in [7, 11) is 0. The lowest BCUT2D eigenvalue weighted by molar-refractivity contribution is -0.340. The molecular formula is C29H30ClF2N4O5+. The highest BCUT2D eigenvalue weighted by Crippen LogP contribution is 2.49. The predicted molar refractivity (Wildman–Crippen MR) is 148 cm³/mol. The van der Waals surface area contributed by atoms with Crippen molar-refractivity contribution < 1.29 is 37.2 Å². The van der Waals surface area contributed by atoms with Gasteiger partial charge in [0.05, 0.1) is 10.6 Å². The molecule has 0 N–H and O–H groups in total. The summed E-state index contributed by atoms with van der Waals surface area (Å²) in [5.74, 6) is -1.08. The Kier molecular flexibility index (Phi) is 7.58. The van der Waals surface area contributed by atoms with Crippen LogP contribution in [0.3, 0.4) is 0 Å². The zero-order valence-electron chi connectivity index (χ0n) is 23.2. The summed E-state index contributed by atoms with van der Waals surface area (Å²) < 4.78 is 41.7. The molecule has 0 unspecified atom stereocenters. The number of urea groups is 1. The number of carbonyl (C=O) groups is 3. The lowest BCUT2D eigenvalue weighted by atomic mass is 9.96. The van der Waals surface area contributed by atoms with Gasteiger partial charge in [0.1, 0.15) is 35.8 Å². The molecule has 0 spiro atoms. The third kappa shape index (κ3) is 5.42. The van der Waals surface area contributed by atoms with Crippen molar-refractivity contribution in [2.45, 2.75) is 52.2 Å². The third-order valence-corrected chi connectivity index (χ3v) is 7.36. The van der Waals surface area contributed by atoms with E-state index >= 15 is 0 Å². The van der Waals surface area contributed by atoms with Gasteiger partial charge in [0, 0.05) is 60.7 Å². The predicted octanol–water partition coefficient (Wildman–Crippen LogP) is 5.56. The Bertz CT molecular complexity index is 1520. The van der Waals surface area contributed by atoms with Crippen molar-refractivity contribution in [1.82, 2.24) is 9.80 Å². The van der Waals surface area contributed by atoms with Crippen LogP contribution in [0, 0.1) is 11.6 Å². The number of amidine groups is 1. The van der Waals surface area contributed by atoms with Crippen molar-refractivity contribution in [2.75, 3.05) is 26.2 Å². The second-order valence-corrected chi connectivity index (χ2v) is 11.6. The van der Waals surface area contributed by atoms with E-state index in [1.807, 2.05) is 11.8 Å². The van der Waals surface area contributed by atoms with Crippen molar-refractivity contribution >= 4 is 47.2 Å². The van der Waals surface area contributed by atoms with Gasteiger partial charge in [-0.25, -0.2) is 13.6 Å². The van der Waals surface area contributed by atoms with Crippen LogP contribution in [0.15, 0.2) is 29.3 Å². The molecule has 0 radical (unpaired) electrons. The molecule has 9 nitrogen and oxygen atoms in total. The SMILES string of the molecule is C[C@H]1CN(C(=O)OC(C)(C)C)CCN1C1=NC(=O)[N+]2=C(CCC=O)COc3c(-c4ccc(F)cc4F)c(Cl)cc1c32. The van der Waals surface area contributed by atoms with Gasteiger partial charge < -0.3 is 24.1 Å². The zero-order chi connectivity index (χ0) is 29.6. The van der Waals surface area contributed by atoms with Crippen LogP contribution in [0.2, 0.25) is 5.02 Å². The number of aldehydes is 1. The number of ether oxygens (including phenoxy) is 2. The van der Waals surface area contributed by atoms with Gasteiger partial charge in [-0.1, -0.05) is 11.6 Å². The number of benzene rings is 2. The Labute approximate surface area is 241 Å². The standard InChI is InChI=1S/C29H30ClF2N4O5/c1-16-14-34(28(39)41-29(2,3)4)9-10-35(16)26-20-13-21(30)23(19-8-7-17(31)12-22(19)32)25-24(20)36(27(38)33-26)18(15-40-25)6-5-11-37/h7-8,11-13,16H,5-6,9-10,14-15H2,1-4H3/q+1/t16-/m0/s1. The minimum Gasteiger partial charge on any atom is -0.480 e. The van der Waals surface area contributed by atoms with Crippen molar-refractivity contribution in [3.63, 3.8) is 0 Å². The van der Waals surface area contributed by atoms with Crippen LogP contribution in [0.4, 0.5) is 24.1 Å². The average Bonchev–Trinajstić information content (AvgIpc) is 2.89. The maximum Gasteiger partial charge on any atom is 0.547 e. The van der Waals surface area contributed by atoms with Crippen LogP contribution in [0.25, 0.3) is 11.1 Å². The fourth-order valence-electron chi connectivity index (χ4n) is 5.30. The van der Waals surface area contributed by atoms with Gasteiger partial charge in [0.2, 0.25) is 0 Å². The van der Waals surface area contributed by atoms with Gasteiger partial charge in [0.25, 0.3) is 5.84 Å². The van der Waals surface area contributed by atoms with E-state index in [-0.39, 0.29) is 47.4 Å². The summed E-state index contributed by atoms with van der Waals surface area (Å²) in [6.07, 6.45) is 0.748. The molecule has 0 bridgehead atoms. The van der Waals surface area contributed by atoms with E-state index in [1.54, 1.807) is 31.7 Å². The van der Waals surface area contributed by atoms with Crippen LogP contribution in [-0.4, -0.2) is 82.2 Å². The molecule has 216 valence electrons. The van der Waals surface area contributed by atoms with Crippen LogP contribution >= 0.6 is 11.6 Å². The maximum atomic E-state index is 15.0. The van der Waals surface area contributed by atoms with E-state index in [0.29, 0.717) is 42.4 Å². The summed E-state index contributed by atoms with van der Waals surface area (Å²) in [5, 5.41) is 0.127. The fraction of sp³-hybridized carbons (Fsp3) is 0.414. The summed E-state index contributed by atoms with van der Waals surface area (Å²) >= 11 is 6.75. The Morgan fingerprint density at radius 1 is 1.24 bits per heavy atom. The molecule has 5 rings (SSSR count). The molecule has 0 aromatic heterocycles.